The molecule has 0 radical (unpaired) electrons. The molecule has 1 amide bonds. The molecule has 0 bridgehead atoms. The molecule has 160 valence electrons. The molecule has 2 N–H and O–H groups in total. The highest BCUT2D eigenvalue weighted by Crippen LogP contribution is 2.19. The molecule has 1 aromatic carbocycles. The summed E-state index contributed by atoms with van der Waals surface area (Å²) in [6.45, 7) is 3.99. The van der Waals surface area contributed by atoms with Gasteiger partial charge in [-0.25, -0.2) is 13.2 Å². The first-order chi connectivity index (χ1) is 14.2. The van der Waals surface area contributed by atoms with E-state index in [9.17, 15) is 18.0 Å². The van der Waals surface area contributed by atoms with Crippen molar-refractivity contribution in [3.8, 4) is 0 Å². The van der Waals surface area contributed by atoms with Crippen LogP contribution in [0.1, 0.15) is 26.0 Å². The maximum atomic E-state index is 12.9. The number of oxazole rings is 1. The van der Waals surface area contributed by atoms with Crippen molar-refractivity contribution < 1.29 is 17.6 Å². The van der Waals surface area contributed by atoms with Gasteiger partial charge in [0.2, 0.25) is 15.9 Å². The number of sulfonamides is 1. The highest BCUT2D eigenvalue weighted by Gasteiger charge is 2.27. The Kier molecular flexibility index (Phi) is 6.37. The van der Waals surface area contributed by atoms with Crippen molar-refractivity contribution in [3.63, 3.8) is 0 Å². The first-order valence-electron chi connectivity index (χ1n) is 9.47. The van der Waals surface area contributed by atoms with Crippen LogP contribution in [0.4, 0.5) is 0 Å². The van der Waals surface area contributed by atoms with Gasteiger partial charge in [0.1, 0.15) is 6.04 Å². The maximum Gasteiger partial charge on any atom is 0.419 e. The van der Waals surface area contributed by atoms with Crippen LogP contribution >= 0.6 is 0 Å². The molecule has 2 heterocycles. The van der Waals surface area contributed by atoms with Gasteiger partial charge in [-0.2, -0.15) is 4.72 Å². The molecular weight excluding hydrogens is 408 g/mol. The van der Waals surface area contributed by atoms with E-state index in [2.05, 4.69) is 15.0 Å². The van der Waals surface area contributed by atoms with E-state index in [1.54, 1.807) is 24.4 Å². The van der Waals surface area contributed by atoms with Gasteiger partial charge in [0.25, 0.3) is 0 Å². The number of carbonyl (C=O) groups is 1. The van der Waals surface area contributed by atoms with Gasteiger partial charge < -0.3 is 9.73 Å². The summed E-state index contributed by atoms with van der Waals surface area (Å²) >= 11 is 0. The molecule has 10 heteroatoms. The Bertz CT molecular complexity index is 1200. The summed E-state index contributed by atoms with van der Waals surface area (Å²) in [6.07, 6.45) is 1.93. The number of fused-ring (bicyclic) bond motifs is 1. The van der Waals surface area contributed by atoms with Crippen molar-refractivity contribution in [3.05, 3.63) is 58.8 Å². The second-order valence-corrected chi connectivity index (χ2v) is 9.11. The van der Waals surface area contributed by atoms with E-state index in [0.29, 0.717) is 17.6 Å². The first-order valence-corrected chi connectivity index (χ1v) is 10.9. The van der Waals surface area contributed by atoms with Gasteiger partial charge in [-0.1, -0.05) is 19.9 Å². The minimum Gasteiger partial charge on any atom is -0.408 e. The van der Waals surface area contributed by atoms with Crippen LogP contribution in [0.25, 0.3) is 11.1 Å². The van der Waals surface area contributed by atoms with Crippen LogP contribution < -0.4 is 15.8 Å². The summed E-state index contributed by atoms with van der Waals surface area (Å²) < 4.78 is 34.6. The highest BCUT2D eigenvalue weighted by atomic mass is 32.2. The zero-order chi connectivity index (χ0) is 21.9. The minimum absolute atomic E-state index is 0.0768. The standard InChI is InChI=1S/C20H24N4O5S/c1-13(2)10-16(19(25)22-12-14-6-4-5-9-21-14)23-30(27,28)15-7-8-17-18(11-15)29-20(26)24(17)3/h4-9,11,13,16,23H,10,12H2,1-3H3,(H,22,25). The normalized spacial score (nSPS) is 12.9. The van der Waals surface area contributed by atoms with E-state index in [1.807, 2.05) is 13.8 Å². The van der Waals surface area contributed by atoms with Crippen molar-refractivity contribution in [2.75, 3.05) is 0 Å². The first kappa shape index (κ1) is 21.7. The summed E-state index contributed by atoms with van der Waals surface area (Å²) in [5.74, 6) is -0.947. The van der Waals surface area contributed by atoms with Gasteiger partial charge in [-0.05, 0) is 36.6 Å². The van der Waals surface area contributed by atoms with E-state index in [-0.39, 0.29) is 22.9 Å². The third-order valence-electron chi connectivity index (χ3n) is 4.56. The van der Waals surface area contributed by atoms with Crippen LogP contribution in [-0.4, -0.2) is 29.9 Å². The summed E-state index contributed by atoms with van der Waals surface area (Å²) in [4.78, 5) is 28.4. The Morgan fingerprint density at radius 3 is 2.67 bits per heavy atom. The Morgan fingerprint density at radius 2 is 2.00 bits per heavy atom. The van der Waals surface area contributed by atoms with Gasteiger partial charge in [0.05, 0.1) is 22.7 Å². The van der Waals surface area contributed by atoms with Crippen molar-refractivity contribution in [2.45, 2.75) is 37.8 Å². The molecule has 3 rings (SSSR count). The molecule has 0 saturated carbocycles. The summed E-state index contributed by atoms with van der Waals surface area (Å²) in [5, 5.41) is 2.73. The highest BCUT2D eigenvalue weighted by molar-refractivity contribution is 7.89. The monoisotopic (exact) mass is 432 g/mol. The van der Waals surface area contributed by atoms with Crippen LogP contribution in [0.3, 0.4) is 0 Å². The number of carbonyl (C=O) groups excluding carboxylic acids is 1. The topological polar surface area (TPSA) is 123 Å². The number of hydrogen-bond donors (Lipinski definition) is 2. The molecule has 0 aliphatic rings. The predicted molar refractivity (Wildman–Crippen MR) is 111 cm³/mol. The lowest BCUT2D eigenvalue weighted by atomic mass is 10.0. The number of pyridine rings is 1. The fourth-order valence-corrected chi connectivity index (χ4v) is 4.24. The second kappa shape index (κ2) is 8.80. The predicted octanol–water partition coefficient (Wildman–Crippen LogP) is 1.54. The van der Waals surface area contributed by atoms with E-state index in [4.69, 9.17) is 4.42 Å². The van der Waals surface area contributed by atoms with Gasteiger partial charge in [0.15, 0.2) is 5.58 Å². The van der Waals surface area contributed by atoms with Crippen LogP contribution in [0.5, 0.6) is 0 Å². The van der Waals surface area contributed by atoms with Gasteiger partial charge in [-0.15, -0.1) is 0 Å². The Hall–Kier alpha value is -2.98. The lowest BCUT2D eigenvalue weighted by Crippen LogP contribution is -2.47. The van der Waals surface area contributed by atoms with Gasteiger partial charge >= 0.3 is 5.76 Å². The van der Waals surface area contributed by atoms with Crippen molar-refractivity contribution in [1.82, 2.24) is 19.6 Å². The SMILES string of the molecule is CC(C)CC(NS(=O)(=O)c1ccc2c(c1)oc(=O)n2C)C(=O)NCc1ccccn1. The molecule has 1 atom stereocenters. The molecule has 0 aliphatic heterocycles. The number of benzene rings is 1. The number of aryl methyl sites for hydroxylation is 1. The quantitative estimate of drug-likeness (QED) is 0.557. The van der Waals surface area contributed by atoms with Crippen LogP contribution in [-0.2, 0) is 28.4 Å². The van der Waals surface area contributed by atoms with E-state index >= 15 is 0 Å². The number of hydrogen-bond acceptors (Lipinski definition) is 6. The molecule has 3 aromatic rings. The van der Waals surface area contributed by atoms with Gasteiger partial charge in [0, 0.05) is 19.3 Å². The van der Waals surface area contributed by atoms with E-state index in [1.165, 1.54) is 29.8 Å². The zero-order valence-electron chi connectivity index (χ0n) is 17.0. The average molecular weight is 433 g/mol. The average Bonchev–Trinajstić information content (AvgIpc) is 2.99. The number of nitrogens with one attached hydrogen (secondary N) is 2. The van der Waals surface area contributed by atoms with Gasteiger partial charge in [-0.3, -0.25) is 14.3 Å². The van der Waals surface area contributed by atoms with Crippen molar-refractivity contribution >= 4 is 27.0 Å². The summed E-state index contributed by atoms with van der Waals surface area (Å²) in [5.41, 5.74) is 1.30. The van der Waals surface area contributed by atoms with Crippen molar-refractivity contribution in [2.24, 2.45) is 13.0 Å². The number of rotatable bonds is 8. The maximum absolute atomic E-state index is 12.9. The smallest absolute Gasteiger partial charge is 0.408 e. The lowest BCUT2D eigenvalue weighted by molar-refractivity contribution is -0.123. The molecule has 1 unspecified atom stereocenters. The van der Waals surface area contributed by atoms with E-state index < -0.39 is 27.7 Å². The van der Waals surface area contributed by atoms with Crippen LogP contribution in [0.15, 0.2) is 56.7 Å². The zero-order valence-corrected chi connectivity index (χ0v) is 17.8. The molecule has 2 aromatic heterocycles. The molecule has 0 fully saturated rings. The summed E-state index contributed by atoms with van der Waals surface area (Å²) in [7, 11) is -2.49. The molecular formula is C20H24N4O5S. The Morgan fingerprint density at radius 1 is 1.23 bits per heavy atom. The Labute approximate surface area is 174 Å². The Balaban J connectivity index is 1.80. The number of aromatic nitrogens is 2. The molecule has 0 saturated heterocycles. The minimum atomic E-state index is -4.03. The fourth-order valence-electron chi connectivity index (χ4n) is 3.02. The van der Waals surface area contributed by atoms with E-state index in [0.717, 1.165) is 0 Å². The molecule has 9 nitrogen and oxygen atoms in total. The third-order valence-corrected chi connectivity index (χ3v) is 6.03. The largest absolute Gasteiger partial charge is 0.419 e. The fraction of sp³-hybridized carbons (Fsp3) is 0.350. The van der Waals surface area contributed by atoms with Crippen LogP contribution in [0, 0.1) is 5.92 Å². The lowest BCUT2D eigenvalue weighted by Gasteiger charge is -2.20. The molecule has 0 spiro atoms. The second-order valence-electron chi connectivity index (χ2n) is 7.40. The van der Waals surface area contributed by atoms with Crippen molar-refractivity contribution in [1.29, 1.82) is 0 Å². The molecule has 30 heavy (non-hydrogen) atoms. The van der Waals surface area contributed by atoms with Crippen LogP contribution in [0.2, 0.25) is 0 Å². The third kappa shape index (κ3) is 4.95. The number of amides is 1. The molecule has 0 aliphatic carbocycles. The number of nitrogens with zero attached hydrogens (tertiary/aromatic N) is 2. The summed E-state index contributed by atoms with van der Waals surface area (Å²) in [6, 6.07) is 8.53.